The van der Waals surface area contributed by atoms with E-state index in [1.54, 1.807) is 10.8 Å². The largest absolute Gasteiger partial charge is 0.305 e. The van der Waals surface area contributed by atoms with E-state index in [9.17, 15) is 0 Å². The van der Waals surface area contributed by atoms with Gasteiger partial charge in [-0.05, 0) is 199 Å². The zero-order valence-corrected chi connectivity index (χ0v) is 103. The third kappa shape index (κ3) is 36.5. The molecule has 143 heavy (non-hydrogen) atoms. The summed E-state index contributed by atoms with van der Waals surface area (Å²) < 4.78 is 0. The predicted octanol–water partition coefficient (Wildman–Crippen LogP) is 31.1. The van der Waals surface area contributed by atoms with Gasteiger partial charge in [0.15, 0.2) is 0 Å². The molecule has 8 heterocycles. The predicted molar refractivity (Wildman–Crippen MR) is 602 cm³/mol. The molecule has 1 unspecified atom stereocenters. The van der Waals surface area contributed by atoms with Crippen LogP contribution in [0.4, 0.5) is 0 Å². The third-order valence-corrected chi connectivity index (χ3v) is 33.6. The van der Waals surface area contributed by atoms with Crippen molar-refractivity contribution in [2.24, 2.45) is 5.92 Å². The van der Waals surface area contributed by atoms with Gasteiger partial charge in [0.1, 0.15) is 0 Å². The van der Waals surface area contributed by atoms with Crippen molar-refractivity contribution in [3.63, 3.8) is 0 Å². The number of rotatable bonds is 18. The van der Waals surface area contributed by atoms with Crippen molar-refractivity contribution >= 4 is 53.0 Å². The molecule has 16 heteroatoms. The molecule has 0 amide bonds. The van der Waals surface area contributed by atoms with Crippen LogP contribution in [0.25, 0.3) is 90.1 Å². The Morgan fingerprint density at radius 1 is 0.336 bits per heavy atom. The topological polar surface area (TPSA) is 103 Å². The molecule has 0 N–H and O–H groups in total. The van der Waals surface area contributed by atoms with Crippen LogP contribution in [0.3, 0.4) is 0 Å². The van der Waals surface area contributed by atoms with E-state index < -0.39 is 32.3 Å². The van der Waals surface area contributed by atoms with E-state index in [1.807, 2.05) is 172 Å². The molecule has 8 aromatic carbocycles. The number of hydrogen-bond acceptors (Lipinski definition) is 8. The van der Waals surface area contributed by atoms with E-state index in [4.69, 9.17) is 9.97 Å². The van der Waals surface area contributed by atoms with Crippen LogP contribution in [0.15, 0.2) is 286 Å². The smallest absolute Gasteiger partial charge is 0.0799 e. The summed E-state index contributed by atoms with van der Waals surface area (Å²) in [6.07, 6.45) is 26.9. The summed E-state index contributed by atoms with van der Waals surface area (Å²) in [6, 6.07) is 108. The minimum absolute atomic E-state index is 0. The first-order valence-electron chi connectivity index (χ1n) is 50.0. The molecule has 754 valence electrons. The Morgan fingerprint density at radius 3 is 1.16 bits per heavy atom. The van der Waals surface area contributed by atoms with Crippen molar-refractivity contribution in [2.75, 3.05) is 0 Å². The quantitative estimate of drug-likeness (QED) is 0.0618. The average molecular weight is 2670 g/mol. The van der Waals surface area contributed by atoms with Gasteiger partial charge in [0.2, 0.25) is 0 Å². The Hall–Kier alpha value is -9.58. The molecule has 18 rings (SSSR count). The van der Waals surface area contributed by atoms with Gasteiger partial charge < -0.3 is 39.9 Å². The first-order chi connectivity index (χ1) is 66.4. The van der Waals surface area contributed by atoms with Crippen LogP contribution in [-0.4, -0.2) is 72.2 Å². The fraction of sp³-hybridized carbons (Fsp3) is 0.307. The average Bonchev–Trinajstić information content (AvgIpc) is 1.36. The first-order valence-corrected chi connectivity index (χ1v) is 64.0. The Morgan fingerprint density at radius 2 is 0.741 bits per heavy atom. The van der Waals surface area contributed by atoms with Gasteiger partial charge >= 0.3 is 0 Å². The normalized spacial score (nSPS) is 12.2. The fourth-order valence-corrected chi connectivity index (χ4v) is 23.8. The molecule has 0 spiro atoms. The first kappa shape index (κ1) is 120. The van der Waals surface area contributed by atoms with Crippen LogP contribution in [0.2, 0.25) is 78.6 Å². The monoisotopic (exact) mass is 2670 g/mol. The van der Waals surface area contributed by atoms with E-state index in [-0.39, 0.29) is 80.4 Å². The number of pyridine rings is 8. The Kier molecular flexibility index (Phi) is 48.9. The molecular weight excluding hydrogens is 2520 g/mol. The molecule has 4 radical (unpaired) electrons. The summed E-state index contributed by atoms with van der Waals surface area (Å²) in [5, 5.41) is 6.01. The molecule has 1 saturated carbocycles. The molecule has 2 aliphatic rings. The molecule has 8 aromatic heterocycles. The van der Waals surface area contributed by atoms with E-state index in [2.05, 4.69) is 361 Å². The second kappa shape index (κ2) is 58.1. The van der Waals surface area contributed by atoms with E-state index in [0.29, 0.717) is 17.8 Å². The van der Waals surface area contributed by atoms with Crippen molar-refractivity contribution in [1.29, 1.82) is 0 Å². The zero-order valence-electron chi connectivity index (χ0n) is 88.9. The molecule has 0 aliphatic heterocycles. The van der Waals surface area contributed by atoms with E-state index in [1.165, 1.54) is 129 Å². The molecule has 1 fully saturated rings. The summed E-state index contributed by atoms with van der Waals surface area (Å²) in [4.78, 5) is 36.6. The Bertz CT molecular complexity index is 6420. The van der Waals surface area contributed by atoms with Gasteiger partial charge in [-0.2, -0.15) is 0 Å². The number of aromatic nitrogens is 8. The van der Waals surface area contributed by atoms with Crippen molar-refractivity contribution in [3.8, 4) is 90.1 Å². The minimum Gasteiger partial charge on any atom is -0.305 e. The van der Waals surface area contributed by atoms with Crippen LogP contribution in [0, 0.1) is 103 Å². The van der Waals surface area contributed by atoms with Gasteiger partial charge in [-0.3, -0.25) is 0 Å². The van der Waals surface area contributed by atoms with Gasteiger partial charge in [0, 0.05) is 129 Å². The third-order valence-electron chi connectivity index (χ3n) is 25.4. The van der Waals surface area contributed by atoms with Crippen LogP contribution in [-0.2, 0) is 99.7 Å². The summed E-state index contributed by atoms with van der Waals surface area (Å²) >= 11 is 0. The van der Waals surface area contributed by atoms with Gasteiger partial charge in [-0.15, -0.1) is 286 Å². The molecular formula is C127H146Ir4N8Si4-8. The van der Waals surface area contributed by atoms with Crippen LogP contribution < -0.4 is 20.7 Å². The van der Waals surface area contributed by atoms with E-state index >= 15 is 0 Å². The van der Waals surface area contributed by atoms with Gasteiger partial charge in [0.05, 0.1) is 32.3 Å². The molecule has 2 aliphatic carbocycles. The second-order valence-corrected chi connectivity index (χ2v) is 62.1. The summed E-state index contributed by atoms with van der Waals surface area (Å²) in [6.45, 7) is 56.9. The Balaban J connectivity index is 0.000000222. The van der Waals surface area contributed by atoms with Gasteiger partial charge in [0.25, 0.3) is 0 Å². The molecule has 8 nitrogen and oxygen atoms in total. The molecule has 0 bridgehead atoms. The van der Waals surface area contributed by atoms with Gasteiger partial charge in [-0.1, -0.05) is 240 Å². The number of hydrogen-bond donors (Lipinski definition) is 0. The SMILES string of the molecule is CC(C)Cc1cc(-c2[c-]cccc2)ncc1[Si](C)(C)C.CC(C)c1cc(-c2[c-]cccc2)ncc1[Si](C)(C)C.CCC(C)c1cc(-c2[c-]cccc2)ncc1[Si](C)(C)C.C[Si](C)(C)c1cnc(-c2[c-]cccc2)cc1C1CCCC1.Cc1[c-]c(-c2ccc(C)cn2)cc(C)c1.Cc1ccc(-c2[c-]cccc2)nc1C.Cc1cnc(-c2[c-]cccc2)cc1C.[Ir].[Ir].[Ir].[Ir].[c-]1ccccc1-c1nccc2c1CCCC2. The molecule has 1 atom stereocenters. The van der Waals surface area contributed by atoms with Crippen molar-refractivity contribution < 1.29 is 80.4 Å². The maximum atomic E-state index is 4.75. The molecule has 0 saturated heterocycles. The maximum Gasteiger partial charge on any atom is 0.0799 e. The van der Waals surface area contributed by atoms with Gasteiger partial charge in [-0.25, -0.2) is 0 Å². The zero-order chi connectivity index (χ0) is 100.0. The van der Waals surface area contributed by atoms with E-state index in [0.717, 1.165) is 114 Å². The Labute approximate surface area is 918 Å². The fourth-order valence-electron chi connectivity index (χ4n) is 17.3. The summed E-state index contributed by atoms with van der Waals surface area (Å²) in [5.74, 6) is 2.53. The van der Waals surface area contributed by atoms with Crippen LogP contribution in [0.5, 0.6) is 0 Å². The number of benzene rings is 8. The molecule has 16 aromatic rings. The number of nitrogens with zero attached hydrogens (tertiary/aromatic N) is 8. The van der Waals surface area contributed by atoms with Crippen LogP contribution >= 0.6 is 0 Å². The minimum atomic E-state index is -1.35. The number of aryl methyl sites for hydroxylation is 8. The second-order valence-electron chi connectivity index (χ2n) is 41.9. The van der Waals surface area contributed by atoms with Crippen molar-refractivity contribution in [1.82, 2.24) is 39.9 Å². The maximum absolute atomic E-state index is 4.75. The summed E-state index contributed by atoms with van der Waals surface area (Å²) in [7, 11) is -5.37. The standard InChI is InChI=1S/C19H24NSi.2C18H24NSi.C17H22NSi.C15H14N.C14H14N.2C13H12N.4Ir/c1-21(2,3)19-14-20-18(16-11-5-4-6-12-16)13-17(19)15-9-7-8-10-15;1-14(2)11-16-12-17(15-9-7-6-8-10-15)19-13-18(16)20(3,4)5;1-6-14(2)16-12-17(15-10-8-7-9-11-15)19-13-18(16)20(3,4)5;1-13(2)15-11-16(14-9-7-6-8-10-14)18-12-17(15)19(3,4)5;1-2-7-13(8-3-1)15-14-9-5-4-6-12(14)10-11-16-15;1-10-4-5-14(15-9-10)13-7-11(2)6-12(3)8-13;1-10-8-13(14-9-11(10)2)12-6-4-3-5-7-12;1-10-8-9-13(14-11(10)2)12-6-4-3-5-7-12;;;;/h4-6,11,13-15H,7-10H2,1-3H3;6-9,12-14H,11H2,1-5H3;7-10,12-14H,6H2,1-5H3;6-9,11-13H,1-5H3;1-3,7,10-11H,4-6,9H2;4-7,9H,1-3H3;2*3-6,8-9H,1-2H3;;;;/q8*-1;;;;. The van der Waals surface area contributed by atoms with Crippen molar-refractivity contribution in [2.45, 2.75) is 251 Å². The summed E-state index contributed by atoms with van der Waals surface area (Å²) in [5.41, 5.74) is 34.3. The van der Waals surface area contributed by atoms with Crippen molar-refractivity contribution in [3.05, 3.63) is 407 Å². The van der Waals surface area contributed by atoms with Crippen LogP contribution in [0.1, 0.15) is 177 Å². The number of fused-ring (bicyclic) bond motifs is 1.